The molecule has 8 nitrogen and oxygen atoms in total. The highest BCUT2D eigenvalue weighted by Gasteiger charge is 2.43. The summed E-state index contributed by atoms with van der Waals surface area (Å²) < 4.78 is 28.3. The Balaban J connectivity index is 1.32. The maximum atomic E-state index is 14.5. The van der Waals surface area contributed by atoms with E-state index in [-0.39, 0.29) is 17.7 Å². The van der Waals surface area contributed by atoms with Gasteiger partial charge in [0.2, 0.25) is 5.95 Å². The molecule has 5 rings (SSSR count). The Labute approximate surface area is 190 Å². The molecule has 4 heterocycles. The van der Waals surface area contributed by atoms with E-state index in [1.807, 2.05) is 6.92 Å². The number of hydrogen-bond donors (Lipinski definition) is 0. The molecule has 1 amide bonds. The van der Waals surface area contributed by atoms with Crippen molar-refractivity contribution in [2.75, 3.05) is 31.1 Å². The number of nitrogens with zero attached hydrogens (tertiary/aromatic N) is 7. The Morgan fingerprint density at radius 1 is 1.03 bits per heavy atom. The molecule has 2 aliphatic rings. The highest BCUT2D eigenvalue weighted by atomic mass is 19.1. The Bertz CT molecular complexity index is 1180. The van der Waals surface area contributed by atoms with Gasteiger partial charge in [-0.1, -0.05) is 0 Å². The molecule has 2 aliphatic heterocycles. The third-order valence-corrected chi connectivity index (χ3v) is 6.33. The average Bonchev–Trinajstić information content (AvgIpc) is 3.48. The van der Waals surface area contributed by atoms with E-state index >= 15 is 0 Å². The molecule has 0 saturated carbocycles. The number of anilines is 1. The van der Waals surface area contributed by atoms with Crippen LogP contribution in [0.4, 0.5) is 14.7 Å². The van der Waals surface area contributed by atoms with Crippen LogP contribution in [0.5, 0.6) is 0 Å². The lowest BCUT2D eigenvalue weighted by molar-refractivity contribution is 0.0782. The average molecular weight is 453 g/mol. The van der Waals surface area contributed by atoms with E-state index < -0.39 is 11.5 Å². The first-order valence-electron chi connectivity index (χ1n) is 10.9. The highest BCUT2D eigenvalue weighted by Crippen LogP contribution is 2.35. The molecule has 1 aromatic carbocycles. The zero-order valence-electron chi connectivity index (χ0n) is 18.7. The highest BCUT2D eigenvalue weighted by molar-refractivity contribution is 5.98. The van der Waals surface area contributed by atoms with Crippen molar-refractivity contribution in [1.29, 1.82) is 0 Å². The number of hydrogen-bond acceptors (Lipinski definition) is 6. The standard InChI is InChI=1S/C23H25F2N7O/c1-14-8-20(23(2,3)25)29-22(28-14)31-12-15-10-30(11-16(15)13-31)21(33)18-5-4-17(24)9-19(18)32-26-6-7-27-32/h4-9,15-16H,10-13H2,1-3H3/t15-,16+. The van der Waals surface area contributed by atoms with Gasteiger partial charge in [-0.3, -0.25) is 4.79 Å². The van der Waals surface area contributed by atoms with Crippen LogP contribution in [0.25, 0.3) is 5.69 Å². The molecule has 0 spiro atoms. The summed E-state index contributed by atoms with van der Waals surface area (Å²) in [6, 6.07) is 5.70. The van der Waals surface area contributed by atoms with Gasteiger partial charge >= 0.3 is 0 Å². The molecule has 33 heavy (non-hydrogen) atoms. The van der Waals surface area contributed by atoms with Crippen LogP contribution in [0.15, 0.2) is 36.7 Å². The van der Waals surface area contributed by atoms with Crippen molar-refractivity contribution in [3.63, 3.8) is 0 Å². The summed E-state index contributed by atoms with van der Waals surface area (Å²) in [7, 11) is 0. The van der Waals surface area contributed by atoms with Gasteiger partial charge in [0.25, 0.3) is 5.91 Å². The van der Waals surface area contributed by atoms with E-state index in [0.717, 1.165) is 5.69 Å². The van der Waals surface area contributed by atoms with Gasteiger partial charge in [-0.25, -0.2) is 18.7 Å². The second kappa shape index (κ2) is 7.86. The first kappa shape index (κ1) is 21.4. The van der Waals surface area contributed by atoms with Crippen LogP contribution in [0.3, 0.4) is 0 Å². The first-order valence-corrected chi connectivity index (χ1v) is 10.9. The number of fused-ring (bicyclic) bond motifs is 1. The minimum Gasteiger partial charge on any atom is -0.340 e. The van der Waals surface area contributed by atoms with Crippen molar-refractivity contribution in [3.05, 3.63) is 59.4 Å². The number of rotatable bonds is 4. The SMILES string of the molecule is Cc1cc(C(C)(C)F)nc(N2C[C@H]3CN(C(=O)c4ccc(F)cc4-n4nccn4)C[C@H]3C2)n1. The summed E-state index contributed by atoms with van der Waals surface area (Å²) in [6.45, 7) is 7.37. The lowest BCUT2D eigenvalue weighted by Crippen LogP contribution is -2.34. The van der Waals surface area contributed by atoms with E-state index in [4.69, 9.17) is 0 Å². The van der Waals surface area contributed by atoms with E-state index in [1.54, 1.807) is 11.0 Å². The molecule has 2 aromatic heterocycles. The summed E-state index contributed by atoms with van der Waals surface area (Å²) in [5.41, 5.74) is 0.234. The molecule has 0 N–H and O–H groups in total. The van der Waals surface area contributed by atoms with Crippen LogP contribution in [0.2, 0.25) is 0 Å². The van der Waals surface area contributed by atoms with Gasteiger partial charge in [0.15, 0.2) is 0 Å². The fourth-order valence-corrected chi connectivity index (χ4v) is 4.68. The topological polar surface area (TPSA) is 80.0 Å². The van der Waals surface area contributed by atoms with Gasteiger partial charge in [0.05, 0.1) is 23.7 Å². The van der Waals surface area contributed by atoms with Crippen molar-refractivity contribution in [2.45, 2.75) is 26.4 Å². The summed E-state index contributed by atoms with van der Waals surface area (Å²) in [6.07, 6.45) is 2.97. The predicted octanol–water partition coefficient (Wildman–Crippen LogP) is 2.92. The van der Waals surface area contributed by atoms with Crippen LogP contribution in [0, 0.1) is 24.6 Å². The Morgan fingerprint density at radius 2 is 1.70 bits per heavy atom. The quantitative estimate of drug-likeness (QED) is 0.604. The minimum atomic E-state index is -1.54. The van der Waals surface area contributed by atoms with Gasteiger partial charge in [-0.15, -0.1) is 0 Å². The molecule has 172 valence electrons. The molecule has 0 bridgehead atoms. The van der Waals surface area contributed by atoms with E-state index in [1.165, 1.54) is 49.2 Å². The number of likely N-dealkylation sites (tertiary alicyclic amines) is 1. The van der Waals surface area contributed by atoms with Gasteiger partial charge < -0.3 is 9.80 Å². The van der Waals surface area contributed by atoms with Crippen LogP contribution in [-0.4, -0.2) is 61.9 Å². The third-order valence-electron chi connectivity index (χ3n) is 6.33. The maximum Gasteiger partial charge on any atom is 0.256 e. The number of amides is 1. The van der Waals surface area contributed by atoms with E-state index in [9.17, 15) is 13.6 Å². The lowest BCUT2D eigenvalue weighted by atomic mass is 10.0. The number of halogens is 2. The largest absolute Gasteiger partial charge is 0.340 e. The molecule has 0 radical (unpaired) electrons. The minimum absolute atomic E-state index is 0.170. The molecule has 0 unspecified atom stereocenters. The monoisotopic (exact) mass is 453 g/mol. The zero-order valence-corrected chi connectivity index (χ0v) is 18.7. The van der Waals surface area contributed by atoms with Gasteiger partial charge in [0.1, 0.15) is 17.2 Å². The normalized spacial score (nSPS) is 20.4. The van der Waals surface area contributed by atoms with Crippen molar-refractivity contribution < 1.29 is 13.6 Å². The molecule has 10 heteroatoms. The van der Waals surface area contributed by atoms with Crippen molar-refractivity contribution in [2.24, 2.45) is 11.8 Å². The van der Waals surface area contributed by atoms with Crippen LogP contribution in [0.1, 0.15) is 35.6 Å². The van der Waals surface area contributed by atoms with E-state index in [2.05, 4.69) is 25.1 Å². The summed E-state index contributed by atoms with van der Waals surface area (Å²) in [5, 5.41) is 8.10. The van der Waals surface area contributed by atoms with Crippen molar-refractivity contribution >= 4 is 11.9 Å². The zero-order chi connectivity index (χ0) is 23.3. The number of aromatic nitrogens is 5. The second-order valence-electron chi connectivity index (χ2n) is 9.28. The van der Waals surface area contributed by atoms with Crippen molar-refractivity contribution in [1.82, 2.24) is 29.9 Å². The predicted molar refractivity (Wildman–Crippen MR) is 117 cm³/mol. The fourth-order valence-electron chi connectivity index (χ4n) is 4.68. The number of carbonyl (C=O) groups excluding carboxylic acids is 1. The maximum absolute atomic E-state index is 14.5. The van der Waals surface area contributed by atoms with Crippen LogP contribution >= 0.6 is 0 Å². The Hall–Kier alpha value is -3.43. The third kappa shape index (κ3) is 4.05. The molecule has 3 aromatic rings. The van der Waals surface area contributed by atoms with Crippen molar-refractivity contribution in [3.8, 4) is 5.69 Å². The Kier molecular flexibility index (Phi) is 5.10. The van der Waals surface area contributed by atoms with Gasteiger partial charge in [-0.2, -0.15) is 15.0 Å². The molecule has 0 aliphatic carbocycles. The second-order valence-corrected chi connectivity index (χ2v) is 9.28. The first-order chi connectivity index (χ1) is 15.7. The lowest BCUT2D eigenvalue weighted by Gasteiger charge is -2.24. The number of carbonyl (C=O) groups is 1. The number of alkyl halides is 1. The fraction of sp³-hybridized carbons (Fsp3) is 0.435. The summed E-state index contributed by atoms with van der Waals surface area (Å²) in [4.78, 5) is 27.4. The summed E-state index contributed by atoms with van der Waals surface area (Å²) >= 11 is 0. The smallest absolute Gasteiger partial charge is 0.256 e. The van der Waals surface area contributed by atoms with E-state index in [0.29, 0.717) is 49.1 Å². The van der Waals surface area contributed by atoms with Crippen LogP contribution < -0.4 is 4.90 Å². The molecular weight excluding hydrogens is 428 g/mol. The van der Waals surface area contributed by atoms with Gasteiger partial charge in [-0.05, 0) is 39.0 Å². The number of benzene rings is 1. The number of aryl methyl sites for hydroxylation is 1. The molecule has 2 saturated heterocycles. The Morgan fingerprint density at radius 3 is 2.33 bits per heavy atom. The van der Waals surface area contributed by atoms with Crippen LogP contribution in [-0.2, 0) is 5.67 Å². The molecule has 2 fully saturated rings. The molecular formula is C23H25F2N7O. The molecule has 2 atom stereocenters. The summed E-state index contributed by atoms with van der Waals surface area (Å²) in [5.74, 6) is 0.421. The van der Waals surface area contributed by atoms with Gasteiger partial charge in [0, 0.05) is 49.8 Å².